The standard InChI is InChI=1S/C25H28O6/c1-15(5-4-10-25(2,3)30)6-7-17-11-16(8-9-20(17)27)19-14-31-22-13-18(26)12-21(28)23(22)24(19)29/h6,8-9,11-14,26-28,30H,4-5,7,10H2,1-3H3. The monoisotopic (exact) mass is 424 g/mol. The maximum atomic E-state index is 12.9. The van der Waals surface area contributed by atoms with E-state index in [1.807, 2.05) is 13.0 Å². The molecule has 0 saturated heterocycles. The van der Waals surface area contributed by atoms with E-state index in [2.05, 4.69) is 0 Å². The molecule has 6 heteroatoms. The molecule has 0 aliphatic carbocycles. The molecule has 0 unspecified atom stereocenters. The summed E-state index contributed by atoms with van der Waals surface area (Å²) in [6, 6.07) is 7.24. The molecule has 0 radical (unpaired) electrons. The first-order valence-electron chi connectivity index (χ1n) is 10.2. The van der Waals surface area contributed by atoms with E-state index in [-0.39, 0.29) is 33.8 Å². The summed E-state index contributed by atoms with van der Waals surface area (Å²) in [6.45, 7) is 5.60. The van der Waals surface area contributed by atoms with Gasteiger partial charge in [0.25, 0.3) is 0 Å². The lowest BCUT2D eigenvalue weighted by Gasteiger charge is -2.16. The molecule has 0 atom stereocenters. The predicted octanol–water partition coefficient (Wildman–Crippen LogP) is 5.01. The van der Waals surface area contributed by atoms with E-state index in [1.165, 1.54) is 18.4 Å². The Bertz CT molecular complexity index is 1180. The number of benzene rings is 2. The largest absolute Gasteiger partial charge is 0.508 e. The topological polar surface area (TPSA) is 111 Å². The highest BCUT2D eigenvalue weighted by Gasteiger charge is 2.15. The number of aliphatic hydroxyl groups is 1. The van der Waals surface area contributed by atoms with Gasteiger partial charge in [0.1, 0.15) is 34.5 Å². The van der Waals surface area contributed by atoms with Gasteiger partial charge in [-0.25, -0.2) is 0 Å². The molecular weight excluding hydrogens is 396 g/mol. The van der Waals surface area contributed by atoms with Gasteiger partial charge in [0, 0.05) is 12.1 Å². The SMILES string of the molecule is CC(=CCc1cc(-c2coc3cc(O)cc(O)c3c2=O)ccc1O)CCCC(C)(C)O. The summed E-state index contributed by atoms with van der Waals surface area (Å²) < 4.78 is 5.46. The van der Waals surface area contributed by atoms with Crippen LogP contribution in [0.2, 0.25) is 0 Å². The van der Waals surface area contributed by atoms with Crippen LogP contribution in [0.3, 0.4) is 0 Å². The molecule has 6 nitrogen and oxygen atoms in total. The average molecular weight is 424 g/mol. The van der Waals surface area contributed by atoms with Gasteiger partial charge in [-0.1, -0.05) is 17.7 Å². The fourth-order valence-corrected chi connectivity index (χ4v) is 3.52. The van der Waals surface area contributed by atoms with Gasteiger partial charge in [-0.15, -0.1) is 0 Å². The third kappa shape index (κ3) is 5.47. The molecule has 0 bridgehead atoms. The van der Waals surface area contributed by atoms with Gasteiger partial charge < -0.3 is 24.8 Å². The van der Waals surface area contributed by atoms with Gasteiger partial charge >= 0.3 is 0 Å². The third-order valence-corrected chi connectivity index (χ3v) is 5.26. The third-order valence-electron chi connectivity index (χ3n) is 5.26. The molecular formula is C25H28O6. The highest BCUT2D eigenvalue weighted by Crippen LogP contribution is 2.31. The second-order valence-electron chi connectivity index (χ2n) is 8.58. The van der Waals surface area contributed by atoms with E-state index in [9.17, 15) is 25.2 Å². The molecule has 2 aromatic carbocycles. The quantitative estimate of drug-likeness (QED) is 0.397. The molecule has 1 heterocycles. The van der Waals surface area contributed by atoms with Crippen LogP contribution >= 0.6 is 0 Å². The number of phenols is 3. The summed E-state index contributed by atoms with van der Waals surface area (Å²) in [5, 5.41) is 39.7. The van der Waals surface area contributed by atoms with Gasteiger partial charge in [0.05, 0.1) is 11.2 Å². The molecule has 3 rings (SSSR count). The molecule has 3 aromatic rings. The van der Waals surface area contributed by atoms with Gasteiger partial charge in [0.2, 0.25) is 5.43 Å². The lowest BCUT2D eigenvalue weighted by molar-refractivity contribution is 0.0689. The molecule has 0 aliphatic heterocycles. The first kappa shape index (κ1) is 22.4. The van der Waals surface area contributed by atoms with Crippen molar-refractivity contribution in [1.82, 2.24) is 0 Å². The fraction of sp³-hybridized carbons (Fsp3) is 0.320. The Morgan fingerprint density at radius 1 is 1.10 bits per heavy atom. The summed E-state index contributed by atoms with van der Waals surface area (Å²) in [4.78, 5) is 12.9. The second kappa shape index (κ2) is 8.86. The van der Waals surface area contributed by atoms with Gasteiger partial charge in [-0.3, -0.25) is 4.79 Å². The Labute approximate surface area is 180 Å². The molecule has 0 aliphatic rings. The maximum Gasteiger partial charge on any atom is 0.204 e. The number of hydrogen-bond donors (Lipinski definition) is 4. The molecule has 0 fully saturated rings. The number of fused-ring (bicyclic) bond motifs is 1. The van der Waals surface area contributed by atoms with E-state index in [0.29, 0.717) is 24.0 Å². The van der Waals surface area contributed by atoms with E-state index in [1.54, 1.807) is 26.0 Å². The van der Waals surface area contributed by atoms with Crippen LogP contribution in [0.1, 0.15) is 45.6 Å². The van der Waals surface area contributed by atoms with Gasteiger partial charge in [0.15, 0.2) is 0 Å². The molecule has 0 spiro atoms. The lowest BCUT2D eigenvalue weighted by Crippen LogP contribution is -2.17. The van der Waals surface area contributed by atoms with Crippen LogP contribution in [0, 0.1) is 0 Å². The van der Waals surface area contributed by atoms with Crippen LogP contribution in [0.4, 0.5) is 0 Å². The minimum atomic E-state index is -0.680. The van der Waals surface area contributed by atoms with Crippen molar-refractivity contribution in [2.24, 2.45) is 0 Å². The molecule has 1 aromatic heterocycles. The zero-order chi connectivity index (χ0) is 22.8. The summed E-state index contributed by atoms with van der Waals surface area (Å²) in [6.07, 6.45) is 6.24. The van der Waals surface area contributed by atoms with E-state index in [0.717, 1.165) is 24.5 Å². The van der Waals surface area contributed by atoms with Crippen LogP contribution in [0.15, 0.2) is 57.5 Å². The van der Waals surface area contributed by atoms with Crippen LogP contribution < -0.4 is 5.43 Å². The number of hydrogen-bond acceptors (Lipinski definition) is 6. The van der Waals surface area contributed by atoms with Crippen molar-refractivity contribution in [3.05, 3.63) is 64.0 Å². The van der Waals surface area contributed by atoms with Crippen molar-refractivity contribution in [3.63, 3.8) is 0 Å². The van der Waals surface area contributed by atoms with Gasteiger partial charge in [-0.2, -0.15) is 0 Å². The van der Waals surface area contributed by atoms with Crippen LogP contribution in [-0.2, 0) is 6.42 Å². The summed E-state index contributed by atoms with van der Waals surface area (Å²) in [5.74, 6) is -0.422. The smallest absolute Gasteiger partial charge is 0.204 e. The van der Waals surface area contributed by atoms with Crippen LogP contribution in [0.5, 0.6) is 17.2 Å². The van der Waals surface area contributed by atoms with E-state index < -0.39 is 11.0 Å². The average Bonchev–Trinajstić information content (AvgIpc) is 2.66. The highest BCUT2D eigenvalue weighted by molar-refractivity contribution is 5.88. The Hall–Kier alpha value is -3.25. The van der Waals surface area contributed by atoms with Gasteiger partial charge in [-0.05, 0) is 69.7 Å². The number of phenolic OH excluding ortho intramolecular Hbond substituents is 3. The van der Waals surface area contributed by atoms with E-state index in [4.69, 9.17) is 4.42 Å². The van der Waals surface area contributed by atoms with Crippen molar-refractivity contribution in [3.8, 4) is 28.4 Å². The minimum Gasteiger partial charge on any atom is -0.508 e. The Morgan fingerprint density at radius 3 is 2.55 bits per heavy atom. The normalized spacial score (nSPS) is 12.5. The number of allylic oxidation sites excluding steroid dienone is 2. The van der Waals surface area contributed by atoms with Crippen molar-refractivity contribution in [2.45, 2.75) is 52.1 Å². The Morgan fingerprint density at radius 2 is 1.84 bits per heavy atom. The second-order valence-corrected chi connectivity index (χ2v) is 8.58. The molecule has 0 amide bonds. The molecule has 0 saturated carbocycles. The summed E-state index contributed by atoms with van der Waals surface area (Å²) >= 11 is 0. The number of aromatic hydroxyl groups is 3. The predicted molar refractivity (Wildman–Crippen MR) is 121 cm³/mol. The summed E-state index contributed by atoms with van der Waals surface area (Å²) in [7, 11) is 0. The highest BCUT2D eigenvalue weighted by atomic mass is 16.3. The first-order valence-corrected chi connectivity index (χ1v) is 10.2. The molecule has 31 heavy (non-hydrogen) atoms. The Balaban J connectivity index is 1.87. The maximum absolute atomic E-state index is 12.9. The zero-order valence-electron chi connectivity index (χ0n) is 18.0. The molecule has 4 N–H and O–H groups in total. The molecule has 164 valence electrons. The lowest BCUT2D eigenvalue weighted by atomic mass is 9.97. The fourth-order valence-electron chi connectivity index (χ4n) is 3.52. The van der Waals surface area contributed by atoms with Crippen LogP contribution in [0.25, 0.3) is 22.1 Å². The van der Waals surface area contributed by atoms with Crippen LogP contribution in [-0.4, -0.2) is 26.0 Å². The number of rotatable bonds is 7. The Kier molecular flexibility index (Phi) is 6.41. The van der Waals surface area contributed by atoms with Crippen molar-refractivity contribution in [2.75, 3.05) is 0 Å². The first-order chi connectivity index (χ1) is 14.5. The summed E-state index contributed by atoms with van der Waals surface area (Å²) in [5.41, 5.74) is 1.62. The van der Waals surface area contributed by atoms with E-state index >= 15 is 0 Å². The minimum absolute atomic E-state index is 0.00697. The van der Waals surface area contributed by atoms with Crippen molar-refractivity contribution < 1.29 is 24.8 Å². The van der Waals surface area contributed by atoms with Crippen molar-refractivity contribution >= 4 is 11.0 Å². The zero-order valence-corrected chi connectivity index (χ0v) is 18.0. The van der Waals surface area contributed by atoms with Crippen molar-refractivity contribution in [1.29, 1.82) is 0 Å².